The standard InChI is InChI=1S/C10H17NO5S/c1-3-4-11(5-10(15)16-2)8(12)6-17-7-9(13)14/h3-7H2,1-2H3,(H,13,14). The Labute approximate surface area is 104 Å². The molecule has 17 heavy (non-hydrogen) atoms. The van der Waals surface area contributed by atoms with Crippen molar-refractivity contribution in [3.05, 3.63) is 0 Å². The van der Waals surface area contributed by atoms with Crippen LogP contribution in [-0.2, 0) is 19.1 Å². The first kappa shape index (κ1) is 15.8. The molecule has 0 aliphatic heterocycles. The van der Waals surface area contributed by atoms with Crippen molar-refractivity contribution < 1.29 is 24.2 Å². The normalized spacial score (nSPS) is 9.76. The highest BCUT2D eigenvalue weighted by atomic mass is 32.2. The topological polar surface area (TPSA) is 83.9 Å². The SMILES string of the molecule is CCCN(CC(=O)OC)C(=O)CSCC(=O)O. The van der Waals surface area contributed by atoms with Crippen LogP contribution in [0.3, 0.4) is 0 Å². The lowest BCUT2D eigenvalue weighted by atomic mass is 10.4. The van der Waals surface area contributed by atoms with E-state index in [1.165, 1.54) is 12.0 Å². The molecular weight excluding hydrogens is 246 g/mol. The van der Waals surface area contributed by atoms with Gasteiger partial charge < -0.3 is 14.7 Å². The third-order valence-corrected chi connectivity index (χ3v) is 2.75. The van der Waals surface area contributed by atoms with Crippen molar-refractivity contribution in [2.24, 2.45) is 0 Å². The largest absolute Gasteiger partial charge is 0.481 e. The third-order valence-electron chi connectivity index (χ3n) is 1.84. The number of carboxylic acid groups (broad SMARTS) is 1. The van der Waals surface area contributed by atoms with Crippen LogP contribution >= 0.6 is 11.8 Å². The number of esters is 1. The van der Waals surface area contributed by atoms with E-state index in [9.17, 15) is 14.4 Å². The number of hydrogen-bond donors (Lipinski definition) is 1. The van der Waals surface area contributed by atoms with Gasteiger partial charge in [-0.2, -0.15) is 0 Å². The third kappa shape index (κ3) is 7.62. The van der Waals surface area contributed by atoms with Crippen molar-refractivity contribution in [3.8, 4) is 0 Å². The van der Waals surface area contributed by atoms with E-state index in [0.29, 0.717) is 6.54 Å². The van der Waals surface area contributed by atoms with Crippen LogP contribution in [-0.4, -0.2) is 59.6 Å². The minimum atomic E-state index is -0.960. The molecule has 0 aromatic carbocycles. The van der Waals surface area contributed by atoms with E-state index < -0.39 is 11.9 Å². The lowest BCUT2D eigenvalue weighted by Gasteiger charge is -2.20. The first-order valence-corrected chi connectivity index (χ1v) is 6.30. The summed E-state index contributed by atoms with van der Waals surface area (Å²) in [5.74, 6) is -1.75. The van der Waals surface area contributed by atoms with Gasteiger partial charge in [-0.15, -0.1) is 11.8 Å². The van der Waals surface area contributed by atoms with Crippen LogP contribution in [0.4, 0.5) is 0 Å². The molecule has 0 atom stereocenters. The lowest BCUT2D eigenvalue weighted by Crippen LogP contribution is -2.38. The molecule has 1 amide bonds. The smallest absolute Gasteiger partial charge is 0.325 e. The van der Waals surface area contributed by atoms with Crippen molar-refractivity contribution in [2.45, 2.75) is 13.3 Å². The number of hydrogen-bond acceptors (Lipinski definition) is 5. The number of thioether (sulfide) groups is 1. The van der Waals surface area contributed by atoms with Crippen LogP contribution in [0, 0.1) is 0 Å². The molecule has 0 saturated heterocycles. The van der Waals surface area contributed by atoms with E-state index in [2.05, 4.69) is 4.74 Å². The van der Waals surface area contributed by atoms with E-state index in [1.807, 2.05) is 6.92 Å². The van der Waals surface area contributed by atoms with Gasteiger partial charge in [-0.05, 0) is 6.42 Å². The number of carbonyl (C=O) groups excluding carboxylic acids is 2. The van der Waals surface area contributed by atoms with E-state index >= 15 is 0 Å². The van der Waals surface area contributed by atoms with Gasteiger partial charge in [0.15, 0.2) is 0 Å². The Morgan fingerprint density at radius 1 is 1.29 bits per heavy atom. The molecule has 0 radical (unpaired) electrons. The van der Waals surface area contributed by atoms with Gasteiger partial charge in [0.25, 0.3) is 0 Å². The molecule has 0 saturated carbocycles. The Hall–Kier alpha value is -1.24. The zero-order chi connectivity index (χ0) is 13.3. The minimum absolute atomic E-state index is 0.0588. The number of ether oxygens (including phenoxy) is 1. The molecule has 0 aromatic heterocycles. The molecule has 0 rings (SSSR count). The van der Waals surface area contributed by atoms with Crippen LogP contribution < -0.4 is 0 Å². The van der Waals surface area contributed by atoms with Gasteiger partial charge in [0.05, 0.1) is 18.6 Å². The lowest BCUT2D eigenvalue weighted by molar-refractivity contribution is -0.146. The van der Waals surface area contributed by atoms with Crippen molar-refractivity contribution >= 4 is 29.6 Å². The van der Waals surface area contributed by atoms with E-state index in [-0.39, 0.29) is 24.0 Å². The summed E-state index contributed by atoms with van der Waals surface area (Å²) in [7, 11) is 1.26. The second kappa shape index (κ2) is 8.86. The summed E-state index contributed by atoms with van der Waals surface area (Å²) in [5.41, 5.74) is 0. The molecule has 0 fully saturated rings. The summed E-state index contributed by atoms with van der Waals surface area (Å²) >= 11 is 1.02. The fourth-order valence-corrected chi connectivity index (χ4v) is 1.73. The van der Waals surface area contributed by atoms with Crippen LogP contribution in [0.5, 0.6) is 0 Å². The van der Waals surface area contributed by atoms with Crippen LogP contribution in [0.1, 0.15) is 13.3 Å². The average Bonchev–Trinajstić information content (AvgIpc) is 2.27. The number of carboxylic acids is 1. The van der Waals surface area contributed by atoms with Crippen LogP contribution in [0.15, 0.2) is 0 Å². The van der Waals surface area contributed by atoms with Gasteiger partial charge in [0, 0.05) is 6.54 Å². The van der Waals surface area contributed by atoms with Gasteiger partial charge in [-0.1, -0.05) is 6.92 Å². The van der Waals surface area contributed by atoms with Crippen LogP contribution in [0.25, 0.3) is 0 Å². The Balaban J connectivity index is 4.14. The summed E-state index contributed by atoms with van der Waals surface area (Å²) in [6.45, 7) is 2.26. The molecule has 6 nitrogen and oxygen atoms in total. The monoisotopic (exact) mass is 263 g/mol. The van der Waals surface area contributed by atoms with Gasteiger partial charge >= 0.3 is 11.9 Å². The molecule has 0 heterocycles. The number of aliphatic carboxylic acids is 1. The number of methoxy groups -OCH3 is 1. The number of carbonyl (C=O) groups is 3. The van der Waals surface area contributed by atoms with Gasteiger partial charge in [0.2, 0.25) is 5.91 Å². The highest BCUT2D eigenvalue weighted by Gasteiger charge is 2.16. The molecule has 0 aliphatic carbocycles. The molecule has 0 bridgehead atoms. The highest BCUT2D eigenvalue weighted by molar-refractivity contribution is 8.00. The molecule has 0 spiro atoms. The van der Waals surface area contributed by atoms with Crippen LogP contribution in [0.2, 0.25) is 0 Å². The fourth-order valence-electron chi connectivity index (χ4n) is 1.10. The average molecular weight is 263 g/mol. The predicted octanol–water partition coefficient (Wildman–Crippen LogP) is 0.216. The zero-order valence-electron chi connectivity index (χ0n) is 9.97. The number of rotatable bonds is 8. The summed E-state index contributed by atoms with van der Waals surface area (Å²) in [5, 5.41) is 8.43. The maximum absolute atomic E-state index is 11.7. The van der Waals surface area contributed by atoms with Crippen molar-refractivity contribution in [1.82, 2.24) is 4.90 Å². The Morgan fingerprint density at radius 3 is 2.41 bits per heavy atom. The van der Waals surface area contributed by atoms with Gasteiger partial charge in [0.1, 0.15) is 6.54 Å². The maximum Gasteiger partial charge on any atom is 0.325 e. The van der Waals surface area contributed by atoms with E-state index in [4.69, 9.17) is 5.11 Å². The quantitative estimate of drug-likeness (QED) is 0.630. The van der Waals surface area contributed by atoms with E-state index in [1.54, 1.807) is 0 Å². The molecular formula is C10H17NO5S. The molecule has 0 aromatic rings. The van der Waals surface area contributed by atoms with Crippen molar-refractivity contribution in [2.75, 3.05) is 31.7 Å². The first-order valence-electron chi connectivity index (χ1n) is 5.15. The summed E-state index contributed by atoms with van der Waals surface area (Å²) in [4.78, 5) is 34.4. The molecule has 7 heteroatoms. The Kier molecular flexibility index (Phi) is 8.21. The summed E-state index contributed by atoms with van der Waals surface area (Å²) in [6, 6.07) is 0. The molecule has 98 valence electrons. The van der Waals surface area contributed by atoms with Gasteiger partial charge in [-0.3, -0.25) is 14.4 Å². The zero-order valence-corrected chi connectivity index (χ0v) is 10.8. The first-order chi connectivity index (χ1) is 8.01. The Bertz CT molecular complexity index is 282. The molecule has 0 unspecified atom stereocenters. The summed E-state index contributed by atoms with van der Waals surface area (Å²) in [6.07, 6.45) is 0.729. The van der Waals surface area contributed by atoms with Crippen molar-refractivity contribution in [1.29, 1.82) is 0 Å². The molecule has 1 N–H and O–H groups in total. The fraction of sp³-hybridized carbons (Fsp3) is 0.700. The highest BCUT2D eigenvalue weighted by Crippen LogP contribution is 2.03. The minimum Gasteiger partial charge on any atom is -0.481 e. The predicted molar refractivity (Wildman–Crippen MR) is 63.8 cm³/mol. The van der Waals surface area contributed by atoms with E-state index in [0.717, 1.165) is 18.2 Å². The second-order valence-electron chi connectivity index (χ2n) is 3.28. The number of amides is 1. The number of nitrogens with zero attached hydrogens (tertiary/aromatic N) is 1. The second-order valence-corrected chi connectivity index (χ2v) is 4.26. The van der Waals surface area contributed by atoms with Gasteiger partial charge in [-0.25, -0.2) is 0 Å². The maximum atomic E-state index is 11.7. The molecule has 0 aliphatic rings. The summed E-state index contributed by atoms with van der Waals surface area (Å²) < 4.78 is 4.49. The Morgan fingerprint density at radius 2 is 1.94 bits per heavy atom. The van der Waals surface area contributed by atoms with Crippen molar-refractivity contribution in [3.63, 3.8) is 0 Å².